The fourth-order valence-electron chi connectivity index (χ4n) is 0.864. The van der Waals surface area contributed by atoms with Crippen molar-refractivity contribution in [1.29, 1.82) is 0 Å². The number of Topliss-reactive ketones (excluding diaryl/α,β-unsaturated/α-hetero) is 1. The second-order valence-electron chi connectivity index (χ2n) is 3.53. The van der Waals surface area contributed by atoms with Gasteiger partial charge in [0.25, 0.3) is 0 Å². The highest BCUT2D eigenvalue weighted by Gasteiger charge is 1.95. The van der Waals surface area contributed by atoms with E-state index < -0.39 is 0 Å². The molecule has 0 saturated carbocycles. The maximum atomic E-state index is 10.8. The van der Waals surface area contributed by atoms with Gasteiger partial charge in [-0.25, -0.2) is 0 Å². The summed E-state index contributed by atoms with van der Waals surface area (Å²) in [5.41, 5.74) is 6.77. The highest BCUT2D eigenvalue weighted by molar-refractivity contribution is 5.94. The van der Waals surface area contributed by atoms with Gasteiger partial charge in [-0.1, -0.05) is 43.7 Å². The average molecular weight is 235 g/mol. The van der Waals surface area contributed by atoms with Crippen LogP contribution in [0.2, 0.25) is 0 Å². The molecule has 0 saturated heterocycles. The van der Waals surface area contributed by atoms with Crippen molar-refractivity contribution in [2.45, 2.75) is 34.1 Å². The minimum absolute atomic E-state index is 0.128. The highest BCUT2D eigenvalue weighted by Crippen LogP contribution is 2.03. The van der Waals surface area contributed by atoms with Gasteiger partial charge in [0.1, 0.15) is 0 Å². The Morgan fingerprint density at radius 1 is 1.41 bits per heavy atom. The van der Waals surface area contributed by atoms with E-state index in [2.05, 4.69) is 13.5 Å². The molecule has 0 aromatic heterocycles. The highest BCUT2D eigenvalue weighted by atomic mass is 16.1. The third kappa shape index (κ3) is 12.5. The summed E-state index contributed by atoms with van der Waals surface area (Å²) in [4.78, 5) is 10.8. The van der Waals surface area contributed by atoms with Gasteiger partial charge in [-0.15, -0.1) is 6.58 Å². The van der Waals surface area contributed by atoms with Gasteiger partial charge in [0.15, 0.2) is 5.78 Å². The molecule has 2 nitrogen and oxygen atoms in total. The minimum Gasteiger partial charge on any atom is -0.331 e. The van der Waals surface area contributed by atoms with Crippen LogP contribution >= 0.6 is 0 Å². The van der Waals surface area contributed by atoms with Gasteiger partial charge in [0, 0.05) is 5.56 Å². The number of carbonyl (C=O) groups is 1. The monoisotopic (exact) mass is 235 g/mol. The van der Waals surface area contributed by atoms with E-state index in [1.807, 2.05) is 44.2 Å². The summed E-state index contributed by atoms with van der Waals surface area (Å²) in [5.74, 6) is 0.128. The number of rotatable bonds is 2. The molecule has 0 radical (unpaired) electrons. The van der Waals surface area contributed by atoms with Crippen molar-refractivity contribution >= 4 is 5.78 Å². The van der Waals surface area contributed by atoms with Gasteiger partial charge < -0.3 is 5.73 Å². The smallest absolute Gasteiger partial charge is 0.159 e. The molecular formula is C15H25NO. The number of ketones is 1. The van der Waals surface area contributed by atoms with Crippen LogP contribution in [0.15, 0.2) is 36.9 Å². The van der Waals surface area contributed by atoms with Crippen molar-refractivity contribution in [1.82, 2.24) is 0 Å². The third-order valence-electron chi connectivity index (χ3n) is 1.71. The van der Waals surface area contributed by atoms with Crippen molar-refractivity contribution < 1.29 is 4.79 Å². The summed E-state index contributed by atoms with van der Waals surface area (Å²) in [6.07, 6.45) is 2.96. The molecular weight excluding hydrogens is 210 g/mol. The summed E-state index contributed by atoms with van der Waals surface area (Å²) in [6, 6.07) is 7.59. The zero-order valence-corrected chi connectivity index (χ0v) is 11.5. The molecule has 1 aromatic rings. The van der Waals surface area contributed by atoms with Crippen LogP contribution in [0.4, 0.5) is 0 Å². The molecule has 2 N–H and O–H groups in total. The molecule has 1 rings (SSSR count). The lowest BCUT2D eigenvalue weighted by Crippen LogP contribution is -1.90. The number of allylic oxidation sites excluding steroid dienone is 1. The van der Waals surface area contributed by atoms with E-state index in [4.69, 9.17) is 5.73 Å². The zero-order chi connectivity index (χ0) is 13.7. The molecule has 0 aliphatic carbocycles. The summed E-state index contributed by atoms with van der Waals surface area (Å²) < 4.78 is 0. The van der Waals surface area contributed by atoms with Crippen LogP contribution in [0.3, 0.4) is 0 Å². The molecule has 0 spiro atoms. The number of carbonyl (C=O) groups excluding carboxylic acids is 1. The maximum absolute atomic E-state index is 10.8. The standard InChI is InChI=1S/C9H10O.C4H8.C2H7N/c1-7-4-3-5-9(6-7)8(2)10;1-3-4-2;1-2-3/h3-6H,1-2H3;3H,1,4H2,2H3;2-3H2,1H3. The van der Waals surface area contributed by atoms with E-state index >= 15 is 0 Å². The first-order chi connectivity index (χ1) is 8.03. The van der Waals surface area contributed by atoms with Gasteiger partial charge in [0.05, 0.1) is 0 Å². The zero-order valence-electron chi connectivity index (χ0n) is 11.5. The van der Waals surface area contributed by atoms with Crippen LogP contribution in [0.25, 0.3) is 0 Å². The van der Waals surface area contributed by atoms with Gasteiger partial charge in [-0.3, -0.25) is 4.79 Å². The van der Waals surface area contributed by atoms with E-state index in [0.717, 1.165) is 24.1 Å². The van der Waals surface area contributed by atoms with Gasteiger partial charge in [-0.05, 0) is 32.9 Å². The minimum atomic E-state index is 0.128. The molecule has 0 atom stereocenters. The summed E-state index contributed by atoms with van der Waals surface area (Å²) >= 11 is 0. The average Bonchev–Trinajstić information content (AvgIpc) is 2.30. The number of nitrogens with two attached hydrogens (primary N) is 1. The lowest BCUT2D eigenvalue weighted by molar-refractivity contribution is 0.101. The van der Waals surface area contributed by atoms with Crippen LogP contribution in [0.5, 0.6) is 0 Å². The Kier molecular flexibility index (Phi) is 13.4. The second-order valence-corrected chi connectivity index (χ2v) is 3.53. The Hall–Kier alpha value is -1.41. The third-order valence-corrected chi connectivity index (χ3v) is 1.71. The topological polar surface area (TPSA) is 43.1 Å². The van der Waals surface area contributed by atoms with Crippen LogP contribution in [-0.4, -0.2) is 12.3 Å². The molecule has 0 aliphatic heterocycles. The molecule has 0 aliphatic rings. The van der Waals surface area contributed by atoms with E-state index in [-0.39, 0.29) is 5.78 Å². The lowest BCUT2D eigenvalue weighted by Gasteiger charge is -1.94. The first-order valence-corrected chi connectivity index (χ1v) is 5.91. The molecule has 2 heteroatoms. The summed E-state index contributed by atoms with van der Waals surface area (Å²) in [5, 5.41) is 0. The Morgan fingerprint density at radius 2 is 1.88 bits per heavy atom. The van der Waals surface area contributed by atoms with Crippen LogP contribution in [0, 0.1) is 6.92 Å². The van der Waals surface area contributed by atoms with Gasteiger partial charge in [-0.2, -0.15) is 0 Å². The number of hydrogen-bond acceptors (Lipinski definition) is 2. The quantitative estimate of drug-likeness (QED) is 0.626. The van der Waals surface area contributed by atoms with Crippen LogP contribution in [0.1, 0.15) is 43.1 Å². The number of hydrogen-bond donors (Lipinski definition) is 1. The molecule has 96 valence electrons. The molecule has 0 fully saturated rings. The molecule has 0 amide bonds. The maximum Gasteiger partial charge on any atom is 0.159 e. The largest absolute Gasteiger partial charge is 0.331 e. The van der Waals surface area contributed by atoms with Crippen molar-refractivity contribution in [3.8, 4) is 0 Å². The fourth-order valence-corrected chi connectivity index (χ4v) is 0.864. The molecule has 1 aromatic carbocycles. The van der Waals surface area contributed by atoms with E-state index in [0.29, 0.717) is 0 Å². The van der Waals surface area contributed by atoms with Crippen molar-refractivity contribution in [3.05, 3.63) is 48.0 Å². The Morgan fingerprint density at radius 3 is 2.12 bits per heavy atom. The fraction of sp³-hybridized carbons (Fsp3) is 0.400. The molecule has 0 bridgehead atoms. The second kappa shape index (κ2) is 12.7. The Balaban J connectivity index is 0. The van der Waals surface area contributed by atoms with Crippen molar-refractivity contribution in [2.75, 3.05) is 6.54 Å². The molecule has 17 heavy (non-hydrogen) atoms. The van der Waals surface area contributed by atoms with Gasteiger partial charge >= 0.3 is 0 Å². The van der Waals surface area contributed by atoms with Gasteiger partial charge in [0.2, 0.25) is 0 Å². The van der Waals surface area contributed by atoms with Crippen LogP contribution < -0.4 is 5.73 Å². The summed E-state index contributed by atoms with van der Waals surface area (Å²) in [6.45, 7) is 11.8. The normalized spacial score (nSPS) is 8.06. The predicted octanol–water partition coefficient (Wildman–Crippen LogP) is 3.75. The SMILES string of the molecule is C=CCC.CC(=O)c1cccc(C)c1.CCN. The Bertz CT molecular complexity index is 318. The molecule has 0 heterocycles. The van der Waals surface area contributed by atoms with E-state index in [1.165, 1.54) is 0 Å². The number of benzene rings is 1. The van der Waals surface area contributed by atoms with Crippen molar-refractivity contribution in [2.24, 2.45) is 5.73 Å². The van der Waals surface area contributed by atoms with E-state index in [1.54, 1.807) is 6.92 Å². The Labute approximate surface area is 106 Å². The van der Waals surface area contributed by atoms with E-state index in [9.17, 15) is 4.79 Å². The summed E-state index contributed by atoms with van der Waals surface area (Å²) in [7, 11) is 0. The molecule has 0 unspecified atom stereocenters. The lowest BCUT2D eigenvalue weighted by atomic mass is 10.1. The number of aryl methyl sites for hydroxylation is 1. The first-order valence-electron chi connectivity index (χ1n) is 5.91. The van der Waals surface area contributed by atoms with Crippen molar-refractivity contribution in [3.63, 3.8) is 0 Å². The van der Waals surface area contributed by atoms with Crippen LogP contribution in [-0.2, 0) is 0 Å². The first kappa shape index (κ1) is 18.0. The predicted molar refractivity (Wildman–Crippen MR) is 76.4 cm³/mol.